The maximum absolute atomic E-state index is 13.8. The molecule has 3 aromatic carbocycles. The van der Waals surface area contributed by atoms with E-state index in [2.05, 4.69) is 20.9 Å². The highest BCUT2D eigenvalue weighted by Gasteiger charge is 2.31. The fourth-order valence-electron chi connectivity index (χ4n) is 4.99. The summed E-state index contributed by atoms with van der Waals surface area (Å²) in [5.41, 5.74) is 13.8. The van der Waals surface area contributed by atoms with Crippen LogP contribution in [0.2, 0.25) is 0 Å². The second kappa shape index (κ2) is 15.3. The zero-order valence-electron chi connectivity index (χ0n) is 24.8. The van der Waals surface area contributed by atoms with E-state index >= 15 is 0 Å². The molecule has 1 aromatic heterocycles. The number of hydrogen-bond donors (Lipinski definition) is 8. The number of carbonyl (C=O) groups excluding carboxylic acids is 4. The van der Waals surface area contributed by atoms with Crippen molar-refractivity contribution in [3.63, 3.8) is 0 Å². The Balaban J connectivity index is 1.61. The maximum atomic E-state index is 13.8. The van der Waals surface area contributed by atoms with Crippen molar-refractivity contribution >= 4 is 40.5 Å². The first-order chi connectivity index (χ1) is 22.0. The number of aromatic nitrogens is 1. The van der Waals surface area contributed by atoms with Gasteiger partial charge in [0.15, 0.2) is 0 Å². The highest BCUT2D eigenvalue weighted by molar-refractivity contribution is 5.95. The Kier molecular flexibility index (Phi) is 11.1. The molecule has 0 spiro atoms. The van der Waals surface area contributed by atoms with Gasteiger partial charge in [-0.05, 0) is 34.9 Å². The number of phenolic OH excluding ortho intramolecular Hbond substituents is 1. The number of aliphatic carboxylic acids is 1. The minimum atomic E-state index is -1.36. The first kappa shape index (κ1) is 33.2. The minimum Gasteiger partial charge on any atom is -0.508 e. The van der Waals surface area contributed by atoms with Crippen LogP contribution in [0.15, 0.2) is 85.1 Å². The van der Waals surface area contributed by atoms with E-state index in [1.807, 2.05) is 24.3 Å². The largest absolute Gasteiger partial charge is 0.508 e. The number of carboxylic acid groups (broad SMARTS) is 1. The topological polar surface area (TPSA) is 230 Å². The molecule has 4 amide bonds. The van der Waals surface area contributed by atoms with Crippen molar-refractivity contribution in [2.75, 3.05) is 0 Å². The quantitative estimate of drug-likeness (QED) is 0.0929. The number of benzene rings is 3. The number of amides is 4. The number of primary amides is 1. The summed E-state index contributed by atoms with van der Waals surface area (Å²) in [5, 5.41) is 28.1. The Labute approximate surface area is 264 Å². The summed E-state index contributed by atoms with van der Waals surface area (Å²) < 4.78 is 0. The predicted molar refractivity (Wildman–Crippen MR) is 169 cm³/mol. The summed E-state index contributed by atoms with van der Waals surface area (Å²) in [7, 11) is 0. The number of fused-ring (bicyclic) bond motifs is 1. The van der Waals surface area contributed by atoms with Gasteiger partial charge < -0.3 is 42.6 Å². The second-order valence-corrected chi connectivity index (χ2v) is 10.9. The molecule has 4 unspecified atom stereocenters. The molecule has 0 saturated heterocycles. The summed E-state index contributed by atoms with van der Waals surface area (Å²) in [4.78, 5) is 67.0. The van der Waals surface area contributed by atoms with Crippen molar-refractivity contribution in [3.8, 4) is 5.75 Å². The zero-order chi connectivity index (χ0) is 33.2. The van der Waals surface area contributed by atoms with Crippen molar-refractivity contribution in [3.05, 3.63) is 102 Å². The van der Waals surface area contributed by atoms with Crippen LogP contribution >= 0.6 is 0 Å². The third-order valence-electron chi connectivity index (χ3n) is 7.40. The number of hydrogen-bond acceptors (Lipinski definition) is 7. The summed E-state index contributed by atoms with van der Waals surface area (Å²) in [5.74, 6) is -4.35. The number of carbonyl (C=O) groups is 5. The molecule has 0 aliphatic carbocycles. The average molecular weight is 629 g/mol. The molecule has 0 bridgehead atoms. The number of aromatic amines is 1. The van der Waals surface area contributed by atoms with Crippen LogP contribution in [0.5, 0.6) is 5.75 Å². The van der Waals surface area contributed by atoms with Gasteiger partial charge in [-0.3, -0.25) is 19.2 Å². The molecule has 0 radical (unpaired) electrons. The fraction of sp³-hybridized carbons (Fsp3) is 0.242. The third-order valence-corrected chi connectivity index (χ3v) is 7.40. The average Bonchev–Trinajstić information content (AvgIpc) is 3.43. The normalized spacial score (nSPS) is 13.6. The van der Waals surface area contributed by atoms with Crippen molar-refractivity contribution in [1.82, 2.24) is 20.9 Å². The van der Waals surface area contributed by atoms with E-state index in [-0.39, 0.29) is 25.0 Å². The lowest BCUT2D eigenvalue weighted by molar-refractivity contribution is -0.142. The SMILES string of the molecule is NC(=O)CC(N)C(=O)NC(Cc1ccccc1)C(=O)NC(Cc1c[nH]c2ccccc12)C(=O)NC(Cc1ccc(O)cc1)C(=O)O. The number of H-pyrrole nitrogens is 1. The van der Waals surface area contributed by atoms with Crippen LogP contribution in [0.4, 0.5) is 0 Å². The molecular formula is C33H36N6O7. The minimum absolute atomic E-state index is 0.00824. The van der Waals surface area contributed by atoms with Crippen molar-refractivity contribution in [1.29, 1.82) is 0 Å². The van der Waals surface area contributed by atoms with Crippen LogP contribution in [0.1, 0.15) is 23.1 Å². The molecule has 240 valence electrons. The van der Waals surface area contributed by atoms with Crippen molar-refractivity contribution in [2.45, 2.75) is 49.9 Å². The van der Waals surface area contributed by atoms with Gasteiger partial charge in [0.05, 0.1) is 12.5 Å². The van der Waals surface area contributed by atoms with Gasteiger partial charge in [0, 0.05) is 36.4 Å². The van der Waals surface area contributed by atoms with Gasteiger partial charge in [-0.25, -0.2) is 4.79 Å². The molecule has 0 aliphatic rings. The molecule has 4 rings (SSSR count). The highest BCUT2D eigenvalue weighted by Crippen LogP contribution is 2.20. The number of nitrogens with two attached hydrogens (primary N) is 2. The van der Waals surface area contributed by atoms with Crippen LogP contribution in [0, 0.1) is 0 Å². The van der Waals surface area contributed by atoms with E-state index in [4.69, 9.17) is 11.5 Å². The molecule has 0 saturated carbocycles. The molecule has 13 heteroatoms. The van der Waals surface area contributed by atoms with E-state index in [0.29, 0.717) is 16.7 Å². The maximum Gasteiger partial charge on any atom is 0.326 e. The van der Waals surface area contributed by atoms with Gasteiger partial charge in [-0.1, -0.05) is 60.7 Å². The summed E-state index contributed by atoms with van der Waals surface area (Å²) in [6.07, 6.45) is 1.20. The lowest BCUT2D eigenvalue weighted by atomic mass is 10.0. The smallest absolute Gasteiger partial charge is 0.326 e. The van der Waals surface area contributed by atoms with E-state index in [9.17, 15) is 34.2 Å². The number of nitrogens with one attached hydrogen (secondary N) is 4. The number of rotatable bonds is 15. The Bertz CT molecular complexity index is 1690. The molecule has 4 aromatic rings. The van der Waals surface area contributed by atoms with Crippen LogP contribution in [0.25, 0.3) is 10.9 Å². The van der Waals surface area contributed by atoms with E-state index in [0.717, 1.165) is 10.9 Å². The van der Waals surface area contributed by atoms with Gasteiger partial charge in [0.25, 0.3) is 0 Å². The number of aromatic hydroxyl groups is 1. The lowest BCUT2D eigenvalue weighted by Crippen LogP contribution is -2.58. The monoisotopic (exact) mass is 628 g/mol. The Morgan fingerprint density at radius 2 is 1.24 bits per heavy atom. The molecular weight excluding hydrogens is 592 g/mol. The molecule has 10 N–H and O–H groups in total. The van der Waals surface area contributed by atoms with Crippen LogP contribution < -0.4 is 27.4 Å². The van der Waals surface area contributed by atoms with Crippen molar-refractivity contribution in [2.24, 2.45) is 11.5 Å². The lowest BCUT2D eigenvalue weighted by Gasteiger charge is -2.25. The van der Waals surface area contributed by atoms with E-state index < -0.39 is 60.2 Å². The fourth-order valence-corrected chi connectivity index (χ4v) is 4.99. The van der Waals surface area contributed by atoms with E-state index in [1.165, 1.54) is 12.1 Å². The molecule has 46 heavy (non-hydrogen) atoms. The van der Waals surface area contributed by atoms with Crippen LogP contribution in [-0.4, -0.2) is 69.0 Å². The van der Waals surface area contributed by atoms with Gasteiger partial charge in [0.2, 0.25) is 23.6 Å². The number of para-hydroxylation sites is 1. The first-order valence-electron chi connectivity index (χ1n) is 14.5. The third kappa shape index (κ3) is 9.16. The van der Waals surface area contributed by atoms with Gasteiger partial charge in [-0.15, -0.1) is 0 Å². The van der Waals surface area contributed by atoms with E-state index in [1.54, 1.807) is 48.7 Å². The number of carboxylic acids is 1. The Morgan fingerprint density at radius 3 is 1.89 bits per heavy atom. The Morgan fingerprint density at radius 1 is 0.696 bits per heavy atom. The first-order valence-corrected chi connectivity index (χ1v) is 14.5. The molecule has 0 fully saturated rings. The standard InChI is InChI=1S/C33H36N6O7/c34-24(17-29(35)41)30(42)37-26(14-19-6-2-1-3-7-19)31(43)38-27(16-21-18-36-25-9-5-4-8-23(21)25)32(44)39-28(33(45)46)15-20-10-12-22(40)13-11-20/h1-13,18,24,26-28,36,40H,14-17,34H2,(H2,35,41)(H,37,42)(H,38,43)(H,39,44)(H,45,46). The predicted octanol–water partition coefficient (Wildman–Crippen LogP) is 0.643. The van der Waals surface area contributed by atoms with Crippen LogP contribution in [-0.2, 0) is 43.2 Å². The summed E-state index contributed by atoms with van der Waals surface area (Å²) in [6, 6.07) is 17.0. The van der Waals surface area contributed by atoms with Crippen molar-refractivity contribution < 1.29 is 34.2 Å². The zero-order valence-corrected chi connectivity index (χ0v) is 24.8. The second-order valence-electron chi connectivity index (χ2n) is 10.9. The summed E-state index contributed by atoms with van der Waals surface area (Å²) >= 11 is 0. The molecule has 1 heterocycles. The van der Waals surface area contributed by atoms with Gasteiger partial charge in [-0.2, -0.15) is 0 Å². The Hall–Kier alpha value is -5.69. The number of phenols is 1. The molecule has 13 nitrogen and oxygen atoms in total. The molecule has 0 aliphatic heterocycles. The van der Waals surface area contributed by atoms with Gasteiger partial charge >= 0.3 is 5.97 Å². The summed E-state index contributed by atoms with van der Waals surface area (Å²) in [6.45, 7) is 0. The van der Waals surface area contributed by atoms with Crippen LogP contribution in [0.3, 0.4) is 0 Å². The van der Waals surface area contributed by atoms with Gasteiger partial charge in [0.1, 0.15) is 23.9 Å². The molecule has 4 atom stereocenters. The highest BCUT2D eigenvalue weighted by atomic mass is 16.4.